The Morgan fingerprint density at radius 3 is 2.40 bits per heavy atom. The highest BCUT2D eigenvalue weighted by Gasteiger charge is 2.14. The first-order chi connectivity index (χ1) is 9.58. The summed E-state index contributed by atoms with van der Waals surface area (Å²) in [6.07, 6.45) is 1.92. The topological polar surface area (TPSA) is 69.7 Å². The molecule has 0 atom stereocenters. The first-order valence-corrected chi connectivity index (χ1v) is 6.18. The predicted octanol–water partition coefficient (Wildman–Crippen LogP) is 2.30. The fourth-order valence-electron chi connectivity index (χ4n) is 1.42. The maximum atomic E-state index is 11.7. The highest BCUT2D eigenvalue weighted by molar-refractivity contribution is 6.43. The SMILES string of the molecule is C=CC(=O)OCOc1ccc(C(=O)C(=O)CCC)cc1. The van der Waals surface area contributed by atoms with Crippen LogP contribution in [0.2, 0.25) is 0 Å². The van der Waals surface area contributed by atoms with E-state index >= 15 is 0 Å². The van der Waals surface area contributed by atoms with Gasteiger partial charge in [0, 0.05) is 18.1 Å². The van der Waals surface area contributed by atoms with Gasteiger partial charge in [-0.15, -0.1) is 0 Å². The van der Waals surface area contributed by atoms with Crippen molar-refractivity contribution in [1.82, 2.24) is 0 Å². The van der Waals surface area contributed by atoms with Gasteiger partial charge in [0.2, 0.25) is 18.4 Å². The number of carbonyl (C=O) groups excluding carboxylic acids is 3. The van der Waals surface area contributed by atoms with Gasteiger partial charge in [-0.3, -0.25) is 9.59 Å². The normalized spacial score (nSPS) is 9.65. The average molecular weight is 276 g/mol. The van der Waals surface area contributed by atoms with Crippen LogP contribution in [0.15, 0.2) is 36.9 Å². The van der Waals surface area contributed by atoms with Crippen molar-refractivity contribution in [2.75, 3.05) is 6.79 Å². The van der Waals surface area contributed by atoms with Gasteiger partial charge in [-0.25, -0.2) is 4.79 Å². The third-order valence-corrected chi connectivity index (χ3v) is 2.44. The van der Waals surface area contributed by atoms with Gasteiger partial charge in [0.05, 0.1) is 0 Å². The van der Waals surface area contributed by atoms with Crippen LogP contribution in [-0.2, 0) is 14.3 Å². The van der Waals surface area contributed by atoms with Crippen molar-refractivity contribution in [3.05, 3.63) is 42.5 Å². The molecule has 0 saturated carbocycles. The highest BCUT2D eigenvalue weighted by Crippen LogP contribution is 2.13. The van der Waals surface area contributed by atoms with E-state index in [1.165, 1.54) is 24.3 Å². The number of benzene rings is 1. The number of hydrogen-bond donors (Lipinski definition) is 0. The minimum absolute atomic E-state index is 0.243. The molecule has 106 valence electrons. The van der Waals surface area contributed by atoms with Crippen LogP contribution >= 0.6 is 0 Å². The van der Waals surface area contributed by atoms with Crippen LogP contribution in [0.5, 0.6) is 5.75 Å². The van der Waals surface area contributed by atoms with Crippen molar-refractivity contribution >= 4 is 17.5 Å². The van der Waals surface area contributed by atoms with Gasteiger partial charge in [0.25, 0.3) is 0 Å². The van der Waals surface area contributed by atoms with Crippen LogP contribution < -0.4 is 4.74 Å². The third-order valence-electron chi connectivity index (χ3n) is 2.44. The fraction of sp³-hybridized carbons (Fsp3) is 0.267. The smallest absolute Gasteiger partial charge is 0.333 e. The van der Waals surface area contributed by atoms with Gasteiger partial charge in [-0.05, 0) is 30.7 Å². The molecule has 0 aromatic heterocycles. The molecule has 0 saturated heterocycles. The summed E-state index contributed by atoms with van der Waals surface area (Å²) in [5, 5.41) is 0. The Bertz CT molecular complexity index is 502. The summed E-state index contributed by atoms with van der Waals surface area (Å²) in [4.78, 5) is 34.0. The van der Waals surface area contributed by atoms with E-state index in [4.69, 9.17) is 4.74 Å². The zero-order valence-corrected chi connectivity index (χ0v) is 11.3. The predicted molar refractivity (Wildman–Crippen MR) is 72.5 cm³/mol. The van der Waals surface area contributed by atoms with E-state index in [2.05, 4.69) is 11.3 Å². The summed E-state index contributed by atoms with van der Waals surface area (Å²) in [5.41, 5.74) is 0.318. The van der Waals surface area contributed by atoms with Crippen LogP contribution in [0.3, 0.4) is 0 Å². The number of ketones is 2. The molecular formula is C15H16O5. The lowest BCUT2D eigenvalue weighted by Crippen LogP contribution is -2.13. The first-order valence-electron chi connectivity index (χ1n) is 6.18. The Hall–Kier alpha value is -2.43. The minimum Gasteiger partial charge on any atom is -0.457 e. The van der Waals surface area contributed by atoms with E-state index in [0.717, 1.165) is 6.08 Å². The Balaban J connectivity index is 2.56. The zero-order chi connectivity index (χ0) is 15.0. The van der Waals surface area contributed by atoms with Gasteiger partial charge >= 0.3 is 5.97 Å². The van der Waals surface area contributed by atoms with Crippen LogP contribution in [0, 0.1) is 0 Å². The lowest BCUT2D eigenvalue weighted by molar-refractivity contribution is -0.144. The molecule has 0 N–H and O–H groups in total. The van der Waals surface area contributed by atoms with Gasteiger partial charge in [0.1, 0.15) is 5.75 Å². The second-order valence-corrected chi connectivity index (χ2v) is 3.96. The molecule has 0 radical (unpaired) electrons. The Morgan fingerprint density at radius 1 is 1.20 bits per heavy atom. The molecule has 0 aliphatic carbocycles. The van der Waals surface area contributed by atoms with Crippen molar-refractivity contribution in [2.45, 2.75) is 19.8 Å². The number of ether oxygens (including phenoxy) is 2. The molecule has 1 aromatic rings. The molecule has 0 heterocycles. The van der Waals surface area contributed by atoms with Gasteiger partial charge in [-0.2, -0.15) is 0 Å². The molecule has 1 rings (SSSR count). The lowest BCUT2D eigenvalue weighted by Gasteiger charge is -2.06. The van der Waals surface area contributed by atoms with E-state index in [1.807, 2.05) is 6.92 Å². The van der Waals surface area contributed by atoms with Gasteiger partial charge in [0.15, 0.2) is 0 Å². The molecule has 5 heteroatoms. The molecule has 0 bridgehead atoms. The van der Waals surface area contributed by atoms with E-state index in [0.29, 0.717) is 17.7 Å². The summed E-state index contributed by atoms with van der Waals surface area (Å²) >= 11 is 0. The second-order valence-electron chi connectivity index (χ2n) is 3.96. The summed E-state index contributed by atoms with van der Waals surface area (Å²) in [7, 11) is 0. The molecular weight excluding hydrogens is 260 g/mol. The number of Topliss-reactive ketones (excluding diaryl/α,β-unsaturated/α-hetero) is 2. The van der Waals surface area contributed by atoms with E-state index in [1.54, 1.807) is 0 Å². The molecule has 5 nitrogen and oxygen atoms in total. The average Bonchev–Trinajstić information content (AvgIpc) is 2.47. The maximum Gasteiger partial charge on any atom is 0.333 e. The van der Waals surface area contributed by atoms with E-state index in [9.17, 15) is 14.4 Å². The summed E-state index contributed by atoms with van der Waals surface area (Å²) < 4.78 is 9.78. The number of carbonyl (C=O) groups is 3. The Kier molecular flexibility index (Phi) is 6.16. The Morgan fingerprint density at radius 2 is 1.85 bits per heavy atom. The van der Waals surface area contributed by atoms with Crippen molar-refractivity contribution in [3.8, 4) is 5.75 Å². The Labute approximate surface area is 117 Å². The van der Waals surface area contributed by atoms with Crippen LogP contribution in [-0.4, -0.2) is 24.3 Å². The van der Waals surface area contributed by atoms with Crippen molar-refractivity contribution < 1.29 is 23.9 Å². The molecule has 20 heavy (non-hydrogen) atoms. The van der Waals surface area contributed by atoms with Crippen molar-refractivity contribution in [1.29, 1.82) is 0 Å². The molecule has 0 unspecified atom stereocenters. The fourth-order valence-corrected chi connectivity index (χ4v) is 1.42. The zero-order valence-electron chi connectivity index (χ0n) is 11.3. The number of hydrogen-bond acceptors (Lipinski definition) is 5. The molecule has 0 aliphatic heterocycles. The minimum atomic E-state index is -0.582. The monoisotopic (exact) mass is 276 g/mol. The lowest BCUT2D eigenvalue weighted by atomic mass is 10.0. The van der Waals surface area contributed by atoms with E-state index < -0.39 is 17.5 Å². The van der Waals surface area contributed by atoms with Gasteiger partial charge in [-0.1, -0.05) is 13.5 Å². The van der Waals surface area contributed by atoms with Crippen molar-refractivity contribution in [3.63, 3.8) is 0 Å². The maximum absolute atomic E-state index is 11.7. The standard InChI is InChI=1S/C15H16O5/c1-3-5-13(16)15(18)11-6-8-12(9-7-11)19-10-20-14(17)4-2/h4,6-9H,2-3,5,10H2,1H3. The second kappa shape index (κ2) is 7.89. The molecule has 0 fully saturated rings. The van der Waals surface area contributed by atoms with Crippen LogP contribution in [0.4, 0.5) is 0 Å². The summed E-state index contributed by atoms with van der Waals surface area (Å²) in [6.45, 7) is 4.85. The molecule has 0 aliphatic rings. The molecule has 1 aromatic carbocycles. The summed E-state index contributed by atoms with van der Waals surface area (Å²) in [6, 6.07) is 6.07. The third kappa shape index (κ3) is 4.68. The van der Waals surface area contributed by atoms with Crippen molar-refractivity contribution in [2.24, 2.45) is 0 Å². The largest absolute Gasteiger partial charge is 0.457 e. The van der Waals surface area contributed by atoms with E-state index in [-0.39, 0.29) is 13.2 Å². The highest BCUT2D eigenvalue weighted by atomic mass is 16.7. The first kappa shape index (κ1) is 15.6. The molecule has 0 spiro atoms. The van der Waals surface area contributed by atoms with Crippen LogP contribution in [0.1, 0.15) is 30.1 Å². The van der Waals surface area contributed by atoms with Crippen LogP contribution in [0.25, 0.3) is 0 Å². The number of rotatable bonds is 8. The number of esters is 1. The molecule has 0 amide bonds. The van der Waals surface area contributed by atoms with Gasteiger partial charge < -0.3 is 9.47 Å². The summed E-state index contributed by atoms with van der Waals surface area (Å²) in [5.74, 6) is -1.05. The quantitative estimate of drug-likeness (QED) is 0.239.